The van der Waals surface area contributed by atoms with E-state index in [0.29, 0.717) is 16.6 Å². The molecule has 0 aliphatic rings. The summed E-state index contributed by atoms with van der Waals surface area (Å²) < 4.78 is 14.9. The number of aryl methyl sites for hydroxylation is 2. The number of aliphatic hydroxyl groups is 1. The number of aromatic nitrogens is 2. The van der Waals surface area contributed by atoms with Crippen LogP contribution in [0.15, 0.2) is 60.9 Å². The molecule has 170 valence electrons. The summed E-state index contributed by atoms with van der Waals surface area (Å²) in [6.07, 6.45) is 3.68. The average molecular weight is 463 g/mol. The van der Waals surface area contributed by atoms with Crippen LogP contribution in [-0.2, 0) is 0 Å². The van der Waals surface area contributed by atoms with Crippen LogP contribution in [0.4, 0.5) is 4.39 Å². The first-order valence-electron chi connectivity index (χ1n) is 10.6. The maximum absolute atomic E-state index is 14.9. The predicted molar refractivity (Wildman–Crippen MR) is 135 cm³/mol. The largest absolute Gasteiger partial charge is 0.396 e. The van der Waals surface area contributed by atoms with E-state index in [1.807, 2.05) is 39.0 Å². The van der Waals surface area contributed by atoms with Crippen LogP contribution < -0.4 is 0 Å². The van der Waals surface area contributed by atoms with Gasteiger partial charge < -0.3 is 5.11 Å². The highest BCUT2D eigenvalue weighted by Gasteiger charge is 2.20. The number of hydrogen-bond acceptors (Lipinski definition) is 4. The molecule has 4 aromatic rings. The lowest BCUT2D eigenvalue weighted by atomic mass is 9.88. The van der Waals surface area contributed by atoms with Gasteiger partial charge in [-0.05, 0) is 77.9 Å². The first-order chi connectivity index (χ1) is 15.4. The Bertz CT molecular complexity index is 1310. The van der Waals surface area contributed by atoms with Crippen molar-refractivity contribution in [2.45, 2.75) is 27.2 Å². The number of hydrogen-bond donors (Lipinski definition) is 1. The van der Waals surface area contributed by atoms with Gasteiger partial charge >= 0.3 is 0 Å². The fraction of sp³-hybridized carbons (Fsp3) is 0.222. The topological polar surface area (TPSA) is 63.1 Å². The number of fused-ring (bicyclic) bond motifs is 1. The Morgan fingerprint density at radius 1 is 1.06 bits per heavy atom. The van der Waals surface area contributed by atoms with Crippen molar-refractivity contribution in [3.05, 3.63) is 83.6 Å². The lowest BCUT2D eigenvalue weighted by Crippen LogP contribution is -2.11. The molecule has 0 spiro atoms. The van der Waals surface area contributed by atoms with E-state index in [2.05, 4.69) is 9.97 Å². The van der Waals surface area contributed by atoms with Crippen molar-refractivity contribution in [3.63, 3.8) is 0 Å². The number of nitrogens with zero attached hydrogens (tertiary/aromatic N) is 2. The van der Waals surface area contributed by atoms with E-state index in [-0.39, 0.29) is 49.7 Å². The molecule has 6 heteroatoms. The molecule has 0 amide bonds. The number of pyridine rings is 2. The van der Waals surface area contributed by atoms with Crippen LogP contribution in [0, 0.1) is 25.6 Å². The molecule has 0 radical (unpaired) electrons. The molecular weight excluding hydrogens is 435 g/mol. The van der Waals surface area contributed by atoms with Gasteiger partial charge in [-0.25, -0.2) is 9.37 Å². The molecule has 2 heterocycles. The van der Waals surface area contributed by atoms with E-state index in [9.17, 15) is 14.3 Å². The minimum absolute atomic E-state index is 0. The zero-order valence-electron chi connectivity index (χ0n) is 18.9. The fourth-order valence-electron chi connectivity index (χ4n) is 4.24. The second-order valence-corrected chi connectivity index (χ2v) is 8.27. The van der Waals surface area contributed by atoms with Crippen molar-refractivity contribution < 1.29 is 14.3 Å². The van der Waals surface area contributed by atoms with Gasteiger partial charge in [0.1, 0.15) is 11.5 Å². The molecule has 4 nitrogen and oxygen atoms in total. The predicted octanol–water partition coefficient (Wildman–Crippen LogP) is 6.03. The molecule has 0 fully saturated rings. The molecule has 2 aromatic heterocycles. The second kappa shape index (κ2) is 10.2. The summed E-state index contributed by atoms with van der Waals surface area (Å²) in [7, 11) is 0. The number of benzene rings is 2. The molecular formula is C27H27FN2O2S. The van der Waals surface area contributed by atoms with Gasteiger partial charge in [-0.3, -0.25) is 9.78 Å². The smallest absolute Gasteiger partial charge is 0.181 e. The summed E-state index contributed by atoms with van der Waals surface area (Å²) in [6, 6.07) is 14.1. The van der Waals surface area contributed by atoms with E-state index in [1.54, 1.807) is 36.7 Å². The second-order valence-electron chi connectivity index (χ2n) is 8.27. The van der Waals surface area contributed by atoms with Crippen molar-refractivity contribution in [2.24, 2.45) is 5.92 Å². The lowest BCUT2D eigenvalue weighted by molar-refractivity contribution is 0.0939. The summed E-state index contributed by atoms with van der Waals surface area (Å²) >= 11 is 0. The van der Waals surface area contributed by atoms with Crippen molar-refractivity contribution in [3.8, 4) is 22.3 Å². The van der Waals surface area contributed by atoms with Crippen molar-refractivity contribution >= 4 is 30.2 Å². The number of Topliss-reactive ketones (excluding diaryl/α,β-unsaturated/α-hetero) is 1. The van der Waals surface area contributed by atoms with Gasteiger partial charge in [0, 0.05) is 36.4 Å². The van der Waals surface area contributed by atoms with Gasteiger partial charge in [0.15, 0.2) is 5.78 Å². The van der Waals surface area contributed by atoms with E-state index in [0.717, 1.165) is 27.6 Å². The van der Waals surface area contributed by atoms with Crippen LogP contribution in [0.2, 0.25) is 0 Å². The highest BCUT2D eigenvalue weighted by molar-refractivity contribution is 7.59. The maximum Gasteiger partial charge on any atom is 0.181 e. The summed E-state index contributed by atoms with van der Waals surface area (Å²) in [5.74, 6) is -0.693. The molecule has 2 aromatic carbocycles. The molecule has 1 N–H and O–H groups in total. The number of rotatable bonds is 6. The van der Waals surface area contributed by atoms with Crippen molar-refractivity contribution in [2.75, 3.05) is 6.61 Å². The number of carbonyl (C=O) groups is 1. The summed E-state index contributed by atoms with van der Waals surface area (Å²) in [4.78, 5) is 21.7. The Labute approximate surface area is 200 Å². The molecule has 0 aliphatic carbocycles. The van der Waals surface area contributed by atoms with Gasteiger partial charge in [0.2, 0.25) is 0 Å². The summed E-state index contributed by atoms with van der Waals surface area (Å²) in [5, 5.41) is 10.2. The molecule has 0 aliphatic heterocycles. The van der Waals surface area contributed by atoms with Crippen molar-refractivity contribution in [1.29, 1.82) is 0 Å². The zero-order valence-corrected chi connectivity index (χ0v) is 19.9. The van der Waals surface area contributed by atoms with Gasteiger partial charge in [0.05, 0.1) is 5.52 Å². The van der Waals surface area contributed by atoms with Crippen LogP contribution in [0.5, 0.6) is 0 Å². The van der Waals surface area contributed by atoms with Crippen LogP contribution in [0.1, 0.15) is 35.0 Å². The molecule has 0 bridgehead atoms. The monoisotopic (exact) mass is 462 g/mol. The van der Waals surface area contributed by atoms with E-state index in [4.69, 9.17) is 0 Å². The zero-order chi connectivity index (χ0) is 22.8. The van der Waals surface area contributed by atoms with E-state index in [1.165, 1.54) is 6.07 Å². The third-order valence-electron chi connectivity index (χ3n) is 5.81. The average Bonchev–Trinajstić information content (AvgIpc) is 2.79. The Morgan fingerprint density at radius 2 is 1.76 bits per heavy atom. The van der Waals surface area contributed by atoms with Crippen LogP contribution in [0.25, 0.3) is 33.2 Å². The third-order valence-corrected chi connectivity index (χ3v) is 5.81. The third kappa shape index (κ3) is 4.82. The maximum atomic E-state index is 14.9. The number of ketones is 1. The van der Waals surface area contributed by atoms with Gasteiger partial charge in [-0.2, -0.15) is 13.5 Å². The standard InChI is InChI=1S/C27H25FN2O2.H2S/c1-16(15-31)12-25(32)23-14-21(20-6-4-5-7-22(20)28)27-18(3)26(17(2)13-24(27)30-23)19-8-10-29-11-9-19;/h4-11,13-14,16,31H,12,15H2,1-3H3;1H2/t16-;/m1./s1. The van der Waals surface area contributed by atoms with E-state index < -0.39 is 0 Å². The van der Waals surface area contributed by atoms with Crippen LogP contribution in [-0.4, -0.2) is 27.5 Å². The number of halogens is 1. The van der Waals surface area contributed by atoms with E-state index >= 15 is 0 Å². The lowest BCUT2D eigenvalue weighted by Gasteiger charge is -2.18. The minimum Gasteiger partial charge on any atom is -0.396 e. The Morgan fingerprint density at radius 3 is 2.42 bits per heavy atom. The first-order valence-corrected chi connectivity index (χ1v) is 10.6. The number of carbonyl (C=O) groups excluding carboxylic acids is 1. The highest BCUT2D eigenvalue weighted by atomic mass is 32.1. The quantitative estimate of drug-likeness (QED) is 0.355. The molecule has 33 heavy (non-hydrogen) atoms. The Balaban J connectivity index is 0.00000306. The highest BCUT2D eigenvalue weighted by Crippen LogP contribution is 2.38. The van der Waals surface area contributed by atoms with Crippen LogP contribution in [0.3, 0.4) is 0 Å². The van der Waals surface area contributed by atoms with Gasteiger partial charge in [-0.15, -0.1) is 0 Å². The molecule has 1 atom stereocenters. The normalized spacial score (nSPS) is 11.8. The molecule has 0 unspecified atom stereocenters. The van der Waals surface area contributed by atoms with Gasteiger partial charge in [-0.1, -0.05) is 25.1 Å². The van der Waals surface area contributed by atoms with Gasteiger partial charge in [0.25, 0.3) is 0 Å². The molecule has 4 rings (SSSR count). The SMILES string of the molecule is Cc1cc2nc(C(=O)C[C@@H](C)CO)cc(-c3ccccc3F)c2c(C)c1-c1ccncc1.S. The summed E-state index contributed by atoms with van der Waals surface area (Å²) in [5.41, 5.74) is 6.06. The minimum atomic E-state index is -0.354. The first kappa shape index (κ1) is 24.6. The van der Waals surface area contributed by atoms with Crippen LogP contribution >= 0.6 is 13.5 Å². The fourth-order valence-corrected chi connectivity index (χ4v) is 4.24. The Hall–Kier alpha value is -3.09. The molecule has 0 saturated heterocycles. The summed E-state index contributed by atoms with van der Waals surface area (Å²) in [6.45, 7) is 5.75. The van der Waals surface area contributed by atoms with Crippen molar-refractivity contribution in [1.82, 2.24) is 9.97 Å². The molecule has 0 saturated carbocycles. The number of aliphatic hydroxyl groups excluding tert-OH is 1. The Kier molecular flexibility index (Phi) is 7.61.